The van der Waals surface area contributed by atoms with E-state index in [0.717, 1.165) is 60.6 Å². The fraction of sp³-hybridized carbons (Fsp3) is 0.320. The van der Waals surface area contributed by atoms with E-state index in [0.29, 0.717) is 5.92 Å². The zero-order valence-electron chi connectivity index (χ0n) is 17.4. The number of nitrogens with zero attached hydrogens (tertiary/aromatic N) is 2. The second kappa shape index (κ2) is 9.18. The van der Waals surface area contributed by atoms with Gasteiger partial charge in [0.1, 0.15) is 5.82 Å². The van der Waals surface area contributed by atoms with Crippen LogP contribution in [0.5, 0.6) is 0 Å². The number of aromatic nitrogens is 2. The molecule has 0 atom stereocenters. The number of benzene rings is 2. The molecule has 0 bridgehead atoms. The van der Waals surface area contributed by atoms with E-state index in [-0.39, 0.29) is 12.3 Å². The zero-order chi connectivity index (χ0) is 20.9. The molecule has 4 rings (SSSR count). The monoisotopic (exact) mass is 400 g/mol. The predicted molar refractivity (Wildman–Crippen MR) is 118 cm³/mol. The molecule has 1 saturated heterocycles. The molecule has 154 valence electrons. The van der Waals surface area contributed by atoms with E-state index in [1.165, 1.54) is 11.1 Å². The van der Waals surface area contributed by atoms with E-state index in [2.05, 4.69) is 47.6 Å². The predicted octanol–water partition coefficient (Wildman–Crippen LogP) is 2.88. The molecule has 5 heteroatoms. The van der Waals surface area contributed by atoms with Crippen LogP contribution < -0.4 is 11.1 Å². The minimum atomic E-state index is -0.303. The summed E-state index contributed by atoms with van der Waals surface area (Å²) in [6.45, 7) is 4.20. The van der Waals surface area contributed by atoms with Crippen molar-refractivity contribution in [3.05, 3.63) is 94.1 Å². The second-order valence-corrected chi connectivity index (χ2v) is 8.10. The summed E-state index contributed by atoms with van der Waals surface area (Å²) in [6.07, 6.45) is 4.56. The molecule has 0 saturated carbocycles. The van der Waals surface area contributed by atoms with E-state index in [1.54, 1.807) is 0 Å². The van der Waals surface area contributed by atoms with E-state index in [9.17, 15) is 4.79 Å². The minimum Gasteiger partial charge on any atom is -0.369 e. The van der Waals surface area contributed by atoms with Gasteiger partial charge in [0.15, 0.2) is 0 Å². The van der Waals surface area contributed by atoms with Gasteiger partial charge in [-0.15, -0.1) is 0 Å². The van der Waals surface area contributed by atoms with Crippen molar-refractivity contribution in [3.63, 3.8) is 0 Å². The van der Waals surface area contributed by atoms with Gasteiger partial charge in [0.05, 0.1) is 6.42 Å². The maximum absolute atomic E-state index is 11.3. The highest BCUT2D eigenvalue weighted by atomic mass is 16.1. The Labute approximate surface area is 177 Å². The fourth-order valence-electron chi connectivity index (χ4n) is 3.89. The Morgan fingerprint density at radius 2 is 1.80 bits per heavy atom. The summed E-state index contributed by atoms with van der Waals surface area (Å²) in [6, 6.07) is 16.8. The van der Waals surface area contributed by atoms with E-state index in [1.807, 2.05) is 24.4 Å². The molecule has 2 aromatic carbocycles. The number of carbonyl (C=O) groups is 1. The van der Waals surface area contributed by atoms with Crippen molar-refractivity contribution in [3.8, 4) is 0 Å². The van der Waals surface area contributed by atoms with Gasteiger partial charge >= 0.3 is 0 Å². The standard InChI is InChI=1S/C25H28N4O/c1-17-14-28-25(12-18-6-8-20(9-7-18)22-15-27-16-22)29-23(17)11-10-19-4-2-3-5-21(19)13-24(26)30/h2-9,14,22,27H,10-13,15-16H2,1H3,(H2,26,30). The summed E-state index contributed by atoms with van der Waals surface area (Å²) in [4.78, 5) is 20.7. The van der Waals surface area contributed by atoms with Crippen LogP contribution in [0.2, 0.25) is 0 Å². The van der Waals surface area contributed by atoms with Crippen LogP contribution in [0.1, 0.15) is 45.3 Å². The van der Waals surface area contributed by atoms with Crippen LogP contribution >= 0.6 is 0 Å². The van der Waals surface area contributed by atoms with Crippen molar-refractivity contribution >= 4 is 5.91 Å². The summed E-state index contributed by atoms with van der Waals surface area (Å²) in [7, 11) is 0. The van der Waals surface area contributed by atoms with Crippen LogP contribution in [0.4, 0.5) is 0 Å². The summed E-state index contributed by atoms with van der Waals surface area (Å²) in [5.74, 6) is 1.19. The van der Waals surface area contributed by atoms with Crippen molar-refractivity contribution in [1.82, 2.24) is 15.3 Å². The second-order valence-electron chi connectivity index (χ2n) is 8.10. The average Bonchev–Trinajstić information content (AvgIpc) is 2.69. The number of hydrogen-bond donors (Lipinski definition) is 2. The van der Waals surface area contributed by atoms with Gasteiger partial charge in [-0.1, -0.05) is 48.5 Å². The lowest BCUT2D eigenvalue weighted by atomic mass is 9.93. The number of primary amides is 1. The van der Waals surface area contributed by atoms with Gasteiger partial charge in [0.2, 0.25) is 5.91 Å². The number of amides is 1. The highest BCUT2D eigenvalue weighted by Gasteiger charge is 2.18. The highest BCUT2D eigenvalue weighted by molar-refractivity contribution is 5.77. The van der Waals surface area contributed by atoms with E-state index >= 15 is 0 Å². The number of carbonyl (C=O) groups excluding carboxylic acids is 1. The van der Waals surface area contributed by atoms with Gasteiger partial charge in [0.25, 0.3) is 0 Å². The lowest BCUT2D eigenvalue weighted by molar-refractivity contribution is -0.117. The third-order valence-corrected chi connectivity index (χ3v) is 5.84. The molecule has 1 aromatic heterocycles. The third-order valence-electron chi connectivity index (χ3n) is 5.84. The van der Waals surface area contributed by atoms with E-state index < -0.39 is 0 Å². The Morgan fingerprint density at radius 3 is 2.47 bits per heavy atom. The van der Waals surface area contributed by atoms with Crippen molar-refractivity contribution in [2.75, 3.05) is 13.1 Å². The Hall–Kier alpha value is -3.05. The van der Waals surface area contributed by atoms with Crippen LogP contribution in [-0.4, -0.2) is 29.0 Å². The first kappa shape index (κ1) is 20.2. The molecule has 5 nitrogen and oxygen atoms in total. The molecule has 1 fully saturated rings. The molecule has 1 aliphatic heterocycles. The third kappa shape index (κ3) is 4.92. The first-order valence-corrected chi connectivity index (χ1v) is 10.5. The summed E-state index contributed by atoms with van der Waals surface area (Å²) < 4.78 is 0. The van der Waals surface area contributed by atoms with Crippen LogP contribution in [0.3, 0.4) is 0 Å². The lowest BCUT2D eigenvalue weighted by Crippen LogP contribution is -2.39. The molecule has 30 heavy (non-hydrogen) atoms. The number of rotatable bonds is 8. The van der Waals surface area contributed by atoms with Crippen molar-refractivity contribution in [2.45, 2.75) is 38.5 Å². The molecule has 1 aliphatic rings. The van der Waals surface area contributed by atoms with Gasteiger partial charge in [-0.05, 0) is 47.6 Å². The molecule has 2 heterocycles. The molecule has 0 spiro atoms. The zero-order valence-corrected chi connectivity index (χ0v) is 17.4. The smallest absolute Gasteiger partial charge is 0.221 e. The fourth-order valence-corrected chi connectivity index (χ4v) is 3.89. The Balaban J connectivity index is 1.44. The minimum absolute atomic E-state index is 0.275. The largest absolute Gasteiger partial charge is 0.369 e. The maximum atomic E-state index is 11.3. The van der Waals surface area contributed by atoms with Crippen molar-refractivity contribution in [1.29, 1.82) is 0 Å². The summed E-state index contributed by atoms with van der Waals surface area (Å²) in [5, 5.41) is 3.32. The molecular formula is C25H28N4O. The molecule has 0 radical (unpaired) electrons. The number of nitrogens with one attached hydrogen (secondary N) is 1. The molecule has 1 amide bonds. The Kier molecular flexibility index (Phi) is 6.19. The Morgan fingerprint density at radius 1 is 1.07 bits per heavy atom. The number of hydrogen-bond acceptors (Lipinski definition) is 4. The highest BCUT2D eigenvalue weighted by Crippen LogP contribution is 2.21. The molecule has 3 N–H and O–H groups in total. The number of aryl methyl sites for hydroxylation is 3. The van der Waals surface area contributed by atoms with Crippen molar-refractivity contribution in [2.24, 2.45) is 5.73 Å². The molecule has 3 aromatic rings. The Bertz CT molecular complexity index is 1030. The van der Waals surface area contributed by atoms with Gasteiger partial charge in [-0.3, -0.25) is 4.79 Å². The number of nitrogens with two attached hydrogens (primary N) is 1. The van der Waals surface area contributed by atoms with Gasteiger partial charge in [0, 0.05) is 37.3 Å². The SMILES string of the molecule is Cc1cnc(Cc2ccc(C3CNC3)cc2)nc1CCc1ccccc1CC(N)=O. The first-order valence-electron chi connectivity index (χ1n) is 10.5. The first-order chi connectivity index (χ1) is 14.6. The topological polar surface area (TPSA) is 80.9 Å². The van der Waals surface area contributed by atoms with E-state index in [4.69, 9.17) is 10.7 Å². The van der Waals surface area contributed by atoms with Crippen LogP contribution in [0, 0.1) is 6.92 Å². The van der Waals surface area contributed by atoms with Crippen LogP contribution in [-0.2, 0) is 30.5 Å². The van der Waals surface area contributed by atoms with Crippen LogP contribution in [0.15, 0.2) is 54.7 Å². The summed E-state index contributed by atoms with van der Waals surface area (Å²) in [5.41, 5.74) is 12.3. The lowest BCUT2D eigenvalue weighted by Gasteiger charge is -2.27. The van der Waals surface area contributed by atoms with Gasteiger partial charge in [-0.2, -0.15) is 0 Å². The van der Waals surface area contributed by atoms with Crippen molar-refractivity contribution < 1.29 is 4.79 Å². The normalized spacial score (nSPS) is 13.8. The summed E-state index contributed by atoms with van der Waals surface area (Å²) >= 11 is 0. The maximum Gasteiger partial charge on any atom is 0.221 e. The van der Waals surface area contributed by atoms with Gasteiger partial charge < -0.3 is 11.1 Å². The van der Waals surface area contributed by atoms with Gasteiger partial charge in [-0.25, -0.2) is 9.97 Å². The van der Waals surface area contributed by atoms with Crippen LogP contribution in [0.25, 0.3) is 0 Å². The quantitative estimate of drug-likeness (QED) is 0.609. The molecule has 0 unspecified atom stereocenters. The molecule has 0 aliphatic carbocycles. The average molecular weight is 401 g/mol. The molecular weight excluding hydrogens is 372 g/mol.